The molecular formula is C17H14ClN3O3. The predicted molar refractivity (Wildman–Crippen MR) is 91.9 cm³/mol. The molecule has 0 saturated carbocycles. The van der Waals surface area contributed by atoms with Gasteiger partial charge in [0.25, 0.3) is 5.56 Å². The van der Waals surface area contributed by atoms with Crippen LogP contribution in [0.25, 0.3) is 16.6 Å². The summed E-state index contributed by atoms with van der Waals surface area (Å²) < 4.78 is 1.38. The van der Waals surface area contributed by atoms with Crippen LogP contribution in [-0.2, 0) is 0 Å². The van der Waals surface area contributed by atoms with Crippen LogP contribution >= 0.6 is 11.6 Å². The second-order valence-electron chi connectivity index (χ2n) is 5.25. The molecule has 122 valence electrons. The third-order valence-electron chi connectivity index (χ3n) is 3.61. The maximum Gasteiger partial charge on any atom is 0.405 e. The lowest BCUT2D eigenvalue weighted by atomic mass is 10.2. The molecule has 0 spiro atoms. The van der Waals surface area contributed by atoms with E-state index in [9.17, 15) is 9.59 Å². The highest BCUT2D eigenvalue weighted by molar-refractivity contribution is 6.35. The Morgan fingerprint density at radius 3 is 2.58 bits per heavy atom. The zero-order valence-electron chi connectivity index (χ0n) is 12.7. The molecule has 0 aliphatic rings. The second-order valence-corrected chi connectivity index (χ2v) is 5.66. The summed E-state index contributed by atoms with van der Waals surface area (Å²) in [6.45, 7) is 1.63. The van der Waals surface area contributed by atoms with Crippen LogP contribution in [0.4, 0.5) is 4.79 Å². The third kappa shape index (κ3) is 2.83. The van der Waals surface area contributed by atoms with Crippen LogP contribution < -0.4 is 10.9 Å². The van der Waals surface area contributed by atoms with Gasteiger partial charge in [0, 0.05) is 0 Å². The number of para-hydroxylation sites is 1. The number of benzene rings is 2. The van der Waals surface area contributed by atoms with E-state index in [-0.39, 0.29) is 5.56 Å². The molecule has 1 aromatic heterocycles. The Balaban J connectivity index is 2.37. The number of hydrogen-bond acceptors (Lipinski definition) is 3. The van der Waals surface area contributed by atoms with Crippen LogP contribution in [0.15, 0.2) is 53.3 Å². The van der Waals surface area contributed by atoms with Crippen molar-refractivity contribution in [1.82, 2.24) is 14.9 Å². The van der Waals surface area contributed by atoms with Crippen LogP contribution in [0, 0.1) is 0 Å². The number of rotatable bonds is 3. The minimum absolute atomic E-state index is 0.295. The van der Waals surface area contributed by atoms with Gasteiger partial charge in [-0.1, -0.05) is 35.9 Å². The minimum Gasteiger partial charge on any atom is -0.465 e. The molecule has 3 aromatic rings. The first-order chi connectivity index (χ1) is 11.5. The number of halogens is 1. The summed E-state index contributed by atoms with van der Waals surface area (Å²) in [5, 5.41) is 11.9. The topological polar surface area (TPSA) is 84.2 Å². The smallest absolute Gasteiger partial charge is 0.405 e. The summed E-state index contributed by atoms with van der Waals surface area (Å²) in [5.41, 5.74) is 0.672. The van der Waals surface area contributed by atoms with E-state index in [1.165, 1.54) is 4.57 Å². The van der Waals surface area contributed by atoms with Crippen molar-refractivity contribution in [3.05, 3.63) is 69.7 Å². The number of amides is 1. The van der Waals surface area contributed by atoms with E-state index >= 15 is 0 Å². The standard InChI is InChI=1S/C17H14ClN3O3/c1-10(19-17(23)24)15-20-13-9-5-8-12(18)14(13)16(22)21(15)11-6-3-2-4-7-11/h2-10,19H,1H3,(H,23,24)/t10-/m0/s1. The van der Waals surface area contributed by atoms with Gasteiger partial charge >= 0.3 is 6.09 Å². The van der Waals surface area contributed by atoms with Crippen molar-refractivity contribution in [3.8, 4) is 5.69 Å². The monoisotopic (exact) mass is 343 g/mol. The van der Waals surface area contributed by atoms with Gasteiger partial charge in [0.1, 0.15) is 5.82 Å². The molecule has 3 rings (SSSR count). The van der Waals surface area contributed by atoms with E-state index in [4.69, 9.17) is 16.7 Å². The van der Waals surface area contributed by atoms with Crippen LogP contribution in [0.1, 0.15) is 18.8 Å². The highest BCUT2D eigenvalue weighted by Crippen LogP contribution is 2.22. The molecule has 0 fully saturated rings. The number of carbonyl (C=O) groups is 1. The Labute approximate surface area is 142 Å². The quantitative estimate of drug-likeness (QED) is 0.763. The average molecular weight is 344 g/mol. The fourth-order valence-corrected chi connectivity index (χ4v) is 2.82. The van der Waals surface area contributed by atoms with Gasteiger partial charge in [0.2, 0.25) is 0 Å². The molecule has 0 aliphatic carbocycles. The van der Waals surface area contributed by atoms with E-state index in [0.29, 0.717) is 27.4 Å². The SMILES string of the molecule is C[C@H](NC(=O)O)c1nc2cccc(Cl)c2c(=O)n1-c1ccccc1. The van der Waals surface area contributed by atoms with Gasteiger partial charge in [-0.25, -0.2) is 9.78 Å². The van der Waals surface area contributed by atoms with E-state index in [2.05, 4.69) is 10.3 Å². The van der Waals surface area contributed by atoms with E-state index in [0.717, 1.165) is 0 Å². The van der Waals surface area contributed by atoms with Crippen LogP contribution in [-0.4, -0.2) is 20.8 Å². The molecule has 0 saturated heterocycles. The maximum atomic E-state index is 13.0. The van der Waals surface area contributed by atoms with Gasteiger partial charge in [-0.2, -0.15) is 0 Å². The molecule has 1 amide bonds. The first-order valence-electron chi connectivity index (χ1n) is 7.25. The molecule has 24 heavy (non-hydrogen) atoms. The van der Waals surface area contributed by atoms with E-state index < -0.39 is 12.1 Å². The number of fused-ring (bicyclic) bond motifs is 1. The molecule has 7 heteroatoms. The van der Waals surface area contributed by atoms with E-state index in [1.807, 2.05) is 6.07 Å². The Morgan fingerprint density at radius 1 is 1.21 bits per heavy atom. The lowest BCUT2D eigenvalue weighted by Crippen LogP contribution is -2.32. The Hall–Kier alpha value is -2.86. The molecule has 2 N–H and O–H groups in total. The zero-order chi connectivity index (χ0) is 17.3. The lowest BCUT2D eigenvalue weighted by Gasteiger charge is -2.18. The summed E-state index contributed by atoms with van der Waals surface area (Å²) in [5.74, 6) is 0.295. The number of aromatic nitrogens is 2. The molecular weight excluding hydrogens is 330 g/mol. The summed E-state index contributed by atoms with van der Waals surface area (Å²) >= 11 is 6.17. The number of hydrogen-bond donors (Lipinski definition) is 2. The fraction of sp³-hybridized carbons (Fsp3) is 0.118. The van der Waals surface area contributed by atoms with Gasteiger partial charge in [-0.3, -0.25) is 9.36 Å². The van der Waals surface area contributed by atoms with Crippen molar-refractivity contribution in [2.24, 2.45) is 0 Å². The van der Waals surface area contributed by atoms with Crippen molar-refractivity contribution in [2.75, 3.05) is 0 Å². The first kappa shape index (κ1) is 16.0. The number of carboxylic acid groups (broad SMARTS) is 1. The van der Waals surface area contributed by atoms with Crippen molar-refractivity contribution < 1.29 is 9.90 Å². The number of nitrogens with one attached hydrogen (secondary N) is 1. The Morgan fingerprint density at radius 2 is 1.92 bits per heavy atom. The normalized spacial score (nSPS) is 12.1. The maximum absolute atomic E-state index is 13.0. The van der Waals surface area contributed by atoms with Gasteiger partial charge < -0.3 is 10.4 Å². The fourth-order valence-electron chi connectivity index (χ4n) is 2.57. The van der Waals surface area contributed by atoms with Crippen molar-refractivity contribution in [2.45, 2.75) is 13.0 Å². The predicted octanol–water partition coefficient (Wildman–Crippen LogP) is 3.37. The van der Waals surface area contributed by atoms with Gasteiger partial charge in [0.05, 0.1) is 27.7 Å². The van der Waals surface area contributed by atoms with Crippen LogP contribution in [0.3, 0.4) is 0 Å². The second kappa shape index (κ2) is 6.33. The van der Waals surface area contributed by atoms with Crippen molar-refractivity contribution in [3.63, 3.8) is 0 Å². The summed E-state index contributed by atoms with van der Waals surface area (Å²) in [6, 6.07) is 13.2. The summed E-state index contributed by atoms with van der Waals surface area (Å²) in [4.78, 5) is 28.5. The van der Waals surface area contributed by atoms with Crippen LogP contribution in [0.5, 0.6) is 0 Å². The van der Waals surface area contributed by atoms with Gasteiger partial charge in [0.15, 0.2) is 0 Å². The molecule has 1 atom stereocenters. The minimum atomic E-state index is -1.19. The highest BCUT2D eigenvalue weighted by atomic mass is 35.5. The molecule has 1 heterocycles. The molecule has 0 bridgehead atoms. The summed E-state index contributed by atoms with van der Waals surface area (Å²) in [7, 11) is 0. The van der Waals surface area contributed by atoms with Gasteiger partial charge in [-0.15, -0.1) is 0 Å². The number of nitrogens with zero attached hydrogens (tertiary/aromatic N) is 2. The molecule has 2 aromatic carbocycles. The Bertz CT molecular complexity index is 970. The molecule has 0 unspecified atom stereocenters. The molecule has 0 aliphatic heterocycles. The van der Waals surface area contributed by atoms with E-state index in [1.54, 1.807) is 49.4 Å². The first-order valence-corrected chi connectivity index (χ1v) is 7.63. The van der Waals surface area contributed by atoms with Crippen molar-refractivity contribution >= 4 is 28.6 Å². The van der Waals surface area contributed by atoms with Gasteiger partial charge in [-0.05, 0) is 31.2 Å². The van der Waals surface area contributed by atoms with Crippen molar-refractivity contribution in [1.29, 1.82) is 0 Å². The highest BCUT2D eigenvalue weighted by Gasteiger charge is 2.20. The zero-order valence-corrected chi connectivity index (χ0v) is 13.5. The summed E-state index contributed by atoms with van der Waals surface area (Å²) in [6.07, 6.45) is -1.19. The Kier molecular flexibility index (Phi) is 4.22. The lowest BCUT2D eigenvalue weighted by molar-refractivity contribution is 0.190. The molecule has 6 nitrogen and oxygen atoms in total. The average Bonchev–Trinajstić information content (AvgIpc) is 2.54. The van der Waals surface area contributed by atoms with Crippen LogP contribution in [0.2, 0.25) is 5.02 Å². The molecule has 0 radical (unpaired) electrons. The third-order valence-corrected chi connectivity index (χ3v) is 3.93. The largest absolute Gasteiger partial charge is 0.465 e.